The molecule has 0 bridgehead atoms. The molecule has 2 aromatic carbocycles. The van der Waals surface area contributed by atoms with Gasteiger partial charge >= 0.3 is 0 Å². The number of hydrogen-bond acceptors (Lipinski definition) is 5. The van der Waals surface area contributed by atoms with Gasteiger partial charge in [0.1, 0.15) is 17.6 Å². The minimum atomic E-state index is -3.82. The molecule has 0 aromatic heterocycles. The van der Waals surface area contributed by atoms with E-state index in [-0.39, 0.29) is 16.9 Å². The van der Waals surface area contributed by atoms with E-state index >= 15 is 0 Å². The summed E-state index contributed by atoms with van der Waals surface area (Å²) in [6, 6.07) is 11.2. The average molecular weight is 390 g/mol. The topological polar surface area (TPSA) is 84.9 Å². The van der Waals surface area contributed by atoms with Crippen LogP contribution in [0.5, 0.6) is 11.5 Å². The van der Waals surface area contributed by atoms with Crippen LogP contribution >= 0.6 is 0 Å². The summed E-state index contributed by atoms with van der Waals surface area (Å²) in [6.07, 6.45) is -0.161. The molecule has 0 spiro atoms. The summed E-state index contributed by atoms with van der Waals surface area (Å²) in [5.41, 5.74) is 0.875. The van der Waals surface area contributed by atoms with Crippen molar-refractivity contribution in [2.45, 2.75) is 31.8 Å². The molecule has 27 heavy (non-hydrogen) atoms. The first kappa shape index (κ1) is 19.0. The Labute approximate surface area is 158 Å². The van der Waals surface area contributed by atoms with Crippen LogP contribution in [-0.2, 0) is 14.8 Å². The van der Waals surface area contributed by atoms with E-state index in [0.717, 1.165) is 0 Å². The summed E-state index contributed by atoms with van der Waals surface area (Å²) in [5, 5.41) is 0. The maximum absolute atomic E-state index is 12.8. The van der Waals surface area contributed by atoms with E-state index in [4.69, 9.17) is 9.47 Å². The molecule has 1 aliphatic rings. The number of carbonyl (C=O) groups excluding carboxylic acids is 1. The molecule has 0 radical (unpaired) electrons. The van der Waals surface area contributed by atoms with E-state index in [0.29, 0.717) is 36.0 Å². The minimum Gasteiger partial charge on any atom is -0.494 e. The van der Waals surface area contributed by atoms with Crippen molar-refractivity contribution in [3.05, 3.63) is 42.5 Å². The van der Waals surface area contributed by atoms with Gasteiger partial charge in [0.2, 0.25) is 5.91 Å². The first-order valence-corrected chi connectivity index (χ1v) is 10.1. The van der Waals surface area contributed by atoms with E-state index in [1.165, 1.54) is 24.0 Å². The van der Waals surface area contributed by atoms with E-state index in [1.54, 1.807) is 30.3 Å². The van der Waals surface area contributed by atoms with Crippen LogP contribution in [-0.4, -0.2) is 33.6 Å². The molecule has 1 heterocycles. The Morgan fingerprint density at radius 3 is 2.59 bits per heavy atom. The fourth-order valence-corrected chi connectivity index (χ4v) is 3.96. The molecule has 7 nitrogen and oxygen atoms in total. The standard InChI is InChI=1S/C19H22N2O5S/c1-4-25-16-7-5-15(6-8-16)20-27(23,24)17-9-10-19-18(11-17)21(14(3)22)12-13(2)26-19/h5-11,13,20H,4,12H2,1-3H3. The first-order chi connectivity index (χ1) is 12.8. The molecule has 1 aliphatic heterocycles. The lowest BCUT2D eigenvalue weighted by Crippen LogP contribution is -2.41. The van der Waals surface area contributed by atoms with Gasteiger partial charge in [0, 0.05) is 12.6 Å². The van der Waals surface area contributed by atoms with Gasteiger partial charge in [-0.3, -0.25) is 9.52 Å². The van der Waals surface area contributed by atoms with Crippen molar-refractivity contribution >= 4 is 27.3 Å². The van der Waals surface area contributed by atoms with Gasteiger partial charge in [0.25, 0.3) is 10.0 Å². The number of hydrogen-bond donors (Lipinski definition) is 1. The molecule has 3 rings (SSSR count). The van der Waals surface area contributed by atoms with E-state index in [2.05, 4.69) is 4.72 Å². The van der Waals surface area contributed by atoms with E-state index in [9.17, 15) is 13.2 Å². The Hall–Kier alpha value is -2.74. The van der Waals surface area contributed by atoms with E-state index in [1.807, 2.05) is 13.8 Å². The van der Waals surface area contributed by atoms with Crippen molar-refractivity contribution in [1.82, 2.24) is 0 Å². The zero-order chi connectivity index (χ0) is 19.6. The fourth-order valence-electron chi connectivity index (χ4n) is 2.88. The molecule has 1 atom stereocenters. The molecule has 0 aliphatic carbocycles. The Morgan fingerprint density at radius 2 is 1.96 bits per heavy atom. The molecular weight excluding hydrogens is 368 g/mol. The molecule has 0 saturated heterocycles. The third kappa shape index (κ3) is 4.16. The summed E-state index contributed by atoms with van der Waals surface area (Å²) in [4.78, 5) is 13.5. The third-order valence-corrected chi connectivity index (χ3v) is 5.48. The van der Waals surface area contributed by atoms with Crippen LogP contribution in [0.2, 0.25) is 0 Å². The number of carbonyl (C=O) groups is 1. The summed E-state index contributed by atoms with van der Waals surface area (Å²) in [6.45, 7) is 6.09. The number of ether oxygens (including phenoxy) is 2. The van der Waals surface area contributed by atoms with Crippen molar-refractivity contribution in [3.8, 4) is 11.5 Å². The Kier molecular flexibility index (Phi) is 5.27. The maximum Gasteiger partial charge on any atom is 0.261 e. The maximum atomic E-state index is 12.8. The third-order valence-electron chi connectivity index (χ3n) is 4.10. The van der Waals surface area contributed by atoms with Crippen LogP contribution in [0.4, 0.5) is 11.4 Å². The van der Waals surface area contributed by atoms with Gasteiger partial charge in [0.15, 0.2) is 0 Å². The van der Waals surface area contributed by atoms with Crippen LogP contribution in [0.15, 0.2) is 47.4 Å². The summed E-state index contributed by atoms with van der Waals surface area (Å²) < 4.78 is 39.1. The summed E-state index contributed by atoms with van der Waals surface area (Å²) in [5.74, 6) is 0.988. The largest absolute Gasteiger partial charge is 0.494 e. The lowest BCUT2D eigenvalue weighted by molar-refractivity contribution is -0.117. The molecular formula is C19H22N2O5S. The molecule has 8 heteroatoms. The Bertz CT molecular complexity index is 941. The van der Waals surface area contributed by atoms with Crippen LogP contribution in [0, 0.1) is 0 Å². The van der Waals surface area contributed by atoms with Gasteiger partial charge in [-0.05, 0) is 56.3 Å². The van der Waals surface area contributed by atoms with Crippen molar-refractivity contribution in [2.75, 3.05) is 22.8 Å². The van der Waals surface area contributed by atoms with Crippen LogP contribution in [0.3, 0.4) is 0 Å². The Morgan fingerprint density at radius 1 is 1.26 bits per heavy atom. The van der Waals surface area contributed by atoms with Gasteiger partial charge in [-0.1, -0.05) is 0 Å². The number of nitrogens with zero attached hydrogens (tertiary/aromatic N) is 1. The van der Waals surface area contributed by atoms with Crippen LogP contribution < -0.4 is 19.1 Å². The number of amides is 1. The van der Waals surface area contributed by atoms with Gasteiger partial charge in [-0.2, -0.15) is 0 Å². The first-order valence-electron chi connectivity index (χ1n) is 8.64. The number of sulfonamides is 1. The van der Waals surface area contributed by atoms with E-state index < -0.39 is 10.0 Å². The van der Waals surface area contributed by atoms with Crippen LogP contribution in [0.25, 0.3) is 0 Å². The lowest BCUT2D eigenvalue weighted by Gasteiger charge is -2.33. The van der Waals surface area contributed by atoms with Crippen LogP contribution in [0.1, 0.15) is 20.8 Å². The predicted molar refractivity (Wildman–Crippen MR) is 103 cm³/mol. The molecule has 2 aromatic rings. The highest BCUT2D eigenvalue weighted by Gasteiger charge is 2.27. The highest BCUT2D eigenvalue weighted by atomic mass is 32.2. The predicted octanol–water partition coefficient (Wildman–Crippen LogP) is 3.02. The monoisotopic (exact) mass is 390 g/mol. The second-order valence-corrected chi connectivity index (χ2v) is 7.93. The Balaban J connectivity index is 1.89. The van der Waals surface area contributed by atoms with Crippen molar-refractivity contribution < 1.29 is 22.7 Å². The van der Waals surface area contributed by atoms with Crippen molar-refractivity contribution in [1.29, 1.82) is 0 Å². The summed E-state index contributed by atoms with van der Waals surface area (Å²) in [7, 11) is -3.82. The molecule has 1 amide bonds. The number of anilines is 2. The minimum absolute atomic E-state index is 0.0551. The molecule has 1 unspecified atom stereocenters. The molecule has 144 valence electrons. The molecule has 0 saturated carbocycles. The quantitative estimate of drug-likeness (QED) is 0.848. The average Bonchev–Trinajstić information content (AvgIpc) is 2.62. The SMILES string of the molecule is CCOc1ccc(NS(=O)(=O)c2ccc3c(c2)N(C(C)=O)CC(C)O3)cc1. The zero-order valence-corrected chi connectivity index (χ0v) is 16.2. The normalized spacial score (nSPS) is 16.3. The number of nitrogens with one attached hydrogen (secondary N) is 1. The van der Waals surface area contributed by atoms with Gasteiger partial charge in [0.05, 0.1) is 23.7 Å². The van der Waals surface area contributed by atoms with Gasteiger partial charge < -0.3 is 14.4 Å². The number of rotatable bonds is 5. The number of fused-ring (bicyclic) bond motifs is 1. The second-order valence-electron chi connectivity index (χ2n) is 6.25. The highest BCUT2D eigenvalue weighted by molar-refractivity contribution is 7.92. The number of benzene rings is 2. The lowest BCUT2D eigenvalue weighted by atomic mass is 10.2. The highest BCUT2D eigenvalue weighted by Crippen LogP contribution is 2.36. The molecule has 1 N–H and O–H groups in total. The second kappa shape index (κ2) is 7.48. The zero-order valence-electron chi connectivity index (χ0n) is 15.4. The van der Waals surface area contributed by atoms with Crippen molar-refractivity contribution in [2.24, 2.45) is 0 Å². The summed E-state index contributed by atoms with van der Waals surface area (Å²) >= 11 is 0. The van der Waals surface area contributed by atoms with Gasteiger partial charge in [-0.15, -0.1) is 0 Å². The van der Waals surface area contributed by atoms with Gasteiger partial charge in [-0.25, -0.2) is 8.42 Å². The molecule has 0 fully saturated rings. The van der Waals surface area contributed by atoms with Crippen molar-refractivity contribution in [3.63, 3.8) is 0 Å². The fraction of sp³-hybridized carbons (Fsp3) is 0.316. The smallest absolute Gasteiger partial charge is 0.261 e.